The number of nitrogens with one attached hydrogen (secondary N) is 1. The summed E-state index contributed by atoms with van der Waals surface area (Å²) < 4.78 is 15.6. The summed E-state index contributed by atoms with van der Waals surface area (Å²) in [6, 6.07) is 4.51. The van der Waals surface area contributed by atoms with Crippen LogP contribution in [0.3, 0.4) is 0 Å². The summed E-state index contributed by atoms with van der Waals surface area (Å²) >= 11 is 0. The molecule has 0 aliphatic rings. The van der Waals surface area contributed by atoms with Gasteiger partial charge in [-0.25, -0.2) is 14.8 Å². The maximum Gasteiger partial charge on any atom is 0.128 e. The molecular weight excluding hydrogens is 219 g/mol. The van der Waals surface area contributed by atoms with Crippen LogP contribution in [0.2, 0.25) is 0 Å². The molecule has 3 N–H and O–H groups in total. The topological polar surface area (TPSA) is 55.9 Å². The highest BCUT2D eigenvalue weighted by Gasteiger charge is 2.18. The van der Waals surface area contributed by atoms with Crippen LogP contribution in [0.1, 0.15) is 22.9 Å². The van der Waals surface area contributed by atoms with Crippen LogP contribution < -0.4 is 11.3 Å². The van der Waals surface area contributed by atoms with E-state index >= 15 is 0 Å². The summed E-state index contributed by atoms with van der Waals surface area (Å²) in [4.78, 5) is 4.19. The molecule has 1 aromatic heterocycles. The molecule has 0 aliphatic carbocycles. The normalized spacial score (nSPS) is 12.7. The molecule has 17 heavy (non-hydrogen) atoms. The van der Waals surface area contributed by atoms with Gasteiger partial charge in [0.25, 0.3) is 0 Å². The van der Waals surface area contributed by atoms with Gasteiger partial charge >= 0.3 is 0 Å². The number of rotatable bonds is 3. The second kappa shape index (κ2) is 4.65. The van der Waals surface area contributed by atoms with Gasteiger partial charge in [-0.05, 0) is 13.0 Å². The number of imidazole rings is 1. The molecule has 0 aliphatic heterocycles. The van der Waals surface area contributed by atoms with Crippen LogP contribution in [-0.4, -0.2) is 9.55 Å². The van der Waals surface area contributed by atoms with Gasteiger partial charge in [-0.3, -0.25) is 5.84 Å². The van der Waals surface area contributed by atoms with Crippen LogP contribution in [0.15, 0.2) is 30.7 Å². The number of halogens is 1. The van der Waals surface area contributed by atoms with Crippen molar-refractivity contribution in [2.75, 3.05) is 0 Å². The van der Waals surface area contributed by atoms with Crippen molar-refractivity contribution >= 4 is 0 Å². The first-order valence-corrected chi connectivity index (χ1v) is 5.32. The van der Waals surface area contributed by atoms with Crippen molar-refractivity contribution in [1.29, 1.82) is 0 Å². The lowest BCUT2D eigenvalue weighted by molar-refractivity contribution is 0.553. The fourth-order valence-electron chi connectivity index (χ4n) is 1.80. The molecule has 2 aromatic rings. The molecule has 90 valence electrons. The fraction of sp³-hybridized carbons (Fsp3) is 0.250. The van der Waals surface area contributed by atoms with Crippen molar-refractivity contribution in [3.8, 4) is 0 Å². The lowest BCUT2D eigenvalue weighted by atomic mass is 10.0. The second-order valence-electron chi connectivity index (χ2n) is 4.09. The molecule has 1 aromatic carbocycles. The summed E-state index contributed by atoms with van der Waals surface area (Å²) in [7, 11) is 1.86. The first-order chi connectivity index (χ1) is 8.11. The summed E-state index contributed by atoms with van der Waals surface area (Å²) in [5, 5.41) is 0. The van der Waals surface area contributed by atoms with Gasteiger partial charge in [0.05, 0.1) is 18.1 Å². The van der Waals surface area contributed by atoms with Crippen molar-refractivity contribution in [1.82, 2.24) is 15.0 Å². The largest absolute Gasteiger partial charge is 0.340 e. The molecule has 0 saturated heterocycles. The molecule has 0 radical (unpaired) electrons. The highest BCUT2D eigenvalue weighted by molar-refractivity contribution is 5.31. The molecule has 0 bridgehead atoms. The van der Waals surface area contributed by atoms with Gasteiger partial charge in [0, 0.05) is 18.8 Å². The molecule has 0 saturated carbocycles. The van der Waals surface area contributed by atoms with Gasteiger partial charge in [-0.1, -0.05) is 17.7 Å². The monoisotopic (exact) mass is 234 g/mol. The van der Waals surface area contributed by atoms with Crippen molar-refractivity contribution in [2.45, 2.75) is 13.0 Å². The number of aromatic nitrogens is 2. The van der Waals surface area contributed by atoms with E-state index in [4.69, 9.17) is 5.84 Å². The Morgan fingerprint density at radius 3 is 2.82 bits per heavy atom. The summed E-state index contributed by atoms with van der Waals surface area (Å²) in [6.45, 7) is 1.91. The molecular formula is C12H15FN4. The van der Waals surface area contributed by atoms with E-state index in [2.05, 4.69) is 10.4 Å². The Bertz CT molecular complexity index is 521. The van der Waals surface area contributed by atoms with Gasteiger partial charge < -0.3 is 4.57 Å². The Hall–Kier alpha value is -1.72. The number of hydrogen-bond acceptors (Lipinski definition) is 3. The van der Waals surface area contributed by atoms with E-state index in [1.165, 1.54) is 6.07 Å². The van der Waals surface area contributed by atoms with Crippen LogP contribution in [0.25, 0.3) is 0 Å². The number of nitrogens with two attached hydrogens (primary N) is 1. The SMILES string of the molecule is Cc1ccc(F)c(C(NN)c2cn(C)cn2)c1. The molecule has 5 heteroatoms. The Balaban J connectivity index is 2.45. The molecule has 1 heterocycles. The van der Waals surface area contributed by atoms with Crippen LogP contribution in [0.5, 0.6) is 0 Å². The van der Waals surface area contributed by atoms with Crippen molar-refractivity contribution in [3.63, 3.8) is 0 Å². The van der Waals surface area contributed by atoms with E-state index < -0.39 is 6.04 Å². The highest BCUT2D eigenvalue weighted by atomic mass is 19.1. The predicted molar refractivity (Wildman–Crippen MR) is 63.5 cm³/mol. The van der Waals surface area contributed by atoms with Crippen LogP contribution in [0, 0.1) is 12.7 Å². The zero-order valence-corrected chi connectivity index (χ0v) is 9.81. The summed E-state index contributed by atoms with van der Waals surface area (Å²) in [5.41, 5.74) is 4.78. The van der Waals surface area contributed by atoms with E-state index in [0.717, 1.165) is 5.56 Å². The fourth-order valence-corrected chi connectivity index (χ4v) is 1.80. The van der Waals surface area contributed by atoms with E-state index in [-0.39, 0.29) is 5.82 Å². The molecule has 4 nitrogen and oxygen atoms in total. The third-order valence-corrected chi connectivity index (χ3v) is 2.65. The molecule has 2 rings (SSSR count). The maximum atomic E-state index is 13.8. The number of aryl methyl sites for hydroxylation is 2. The average Bonchev–Trinajstić information content (AvgIpc) is 2.71. The van der Waals surface area contributed by atoms with Crippen LogP contribution in [0.4, 0.5) is 4.39 Å². The number of hydrazine groups is 1. The van der Waals surface area contributed by atoms with E-state index in [1.54, 1.807) is 23.0 Å². The number of nitrogens with zero attached hydrogens (tertiary/aromatic N) is 2. The second-order valence-corrected chi connectivity index (χ2v) is 4.09. The van der Waals surface area contributed by atoms with Crippen molar-refractivity contribution in [2.24, 2.45) is 12.9 Å². The zero-order chi connectivity index (χ0) is 12.4. The third kappa shape index (κ3) is 2.35. The van der Waals surface area contributed by atoms with Crippen molar-refractivity contribution < 1.29 is 4.39 Å². The summed E-state index contributed by atoms with van der Waals surface area (Å²) in [5.74, 6) is 5.21. The third-order valence-electron chi connectivity index (χ3n) is 2.65. The smallest absolute Gasteiger partial charge is 0.128 e. The Kier molecular flexibility index (Phi) is 3.21. The standard InChI is InChI=1S/C12H15FN4/c1-8-3-4-10(13)9(5-8)12(16-14)11-6-17(2)7-15-11/h3-7,12,16H,14H2,1-2H3. The Morgan fingerprint density at radius 1 is 1.47 bits per heavy atom. The molecule has 1 unspecified atom stereocenters. The highest BCUT2D eigenvalue weighted by Crippen LogP contribution is 2.23. The van der Waals surface area contributed by atoms with Crippen LogP contribution >= 0.6 is 0 Å². The zero-order valence-electron chi connectivity index (χ0n) is 9.81. The molecule has 0 fully saturated rings. The minimum Gasteiger partial charge on any atom is -0.340 e. The van der Waals surface area contributed by atoms with Gasteiger partial charge in [-0.15, -0.1) is 0 Å². The quantitative estimate of drug-likeness (QED) is 0.624. The van der Waals surface area contributed by atoms with E-state index in [0.29, 0.717) is 11.3 Å². The number of hydrogen-bond donors (Lipinski definition) is 2. The average molecular weight is 234 g/mol. The molecule has 0 amide bonds. The lowest BCUT2D eigenvalue weighted by Crippen LogP contribution is -2.29. The van der Waals surface area contributed by atoms with E-state index in [1.807, 2.05) is 20.2 Å². The predicted octanol–water partition coefficient (Wildman–Crippen LogP) is 1.42. The van der Waals surface area contributed by atoms with Gasteiger partial charge in [0.2, 0.25) is 0 Å². The maximum absolute atomic E-state index is 13.8. The van der Waals surface area contributed by atoms with Gasteiger partial charge in [0.1, 0.15) is 5.82 Å². The summed E-state index contributed by atoms with van der Waals surface area (Å²) in [6.07, 6.45) is 3.47. The van der Waals surface area contributed by atoms with Gasteiger partial charge in [0.15, 0.2) is 0 Å². The van der Waals surface area contributed by atoms with Gasteiger partial charge in [-0.2, -0.15) is 0 Å². The first kappa shape index (κ1) is 11.8. The minimum atomic E-state index is -0.434. The lowest BCUT2D eigenvalue weighted by Gasteiger charge is -2.15. The van der Waals surface area contributed by atoms with Crippen molar-refractivity contribution in [3.05, 3.63) is 53.4 Å². The Morgan fingerprint density at radius 2 is 2.24 bits per heavy atom. The van der Waals surface area contributed by atoms with E-state index in [9.17, 15) is 4.39 Å². The molecule has 1 atom stereocenters. The number of benzene rings is 1. The Labute approximate surface area is 99.2 Å². The molecule has 0 spiro atoms. The van der Waals surface area contributed by atoms with Crippen LogP contribution in [-0.2, 0) is 7.05 Å². The first-order valence-electron chi connectivity index (χ1n) is 5.32. The minimum absolute atomic E-state index is 0.288.